The van der Waals surface area contributed by atoms with E-state index in [1.165, 1.54) is 11.3 Å². The molecular weight excluding hydrogens is 226 g/mol. The zero-order valence-corrected chi connectivity index (χ0v) is 9.31. The van der Waals surface area contributed by atoms with Crippen LogP contribution in [0.15, 0.2) is 36.0 Å². The molecule has 0 atom stereocenters. The minimum atomic E-state index is 0.792. The van der Waals surface area contributed by atoms with E-state index in [9.17, 15) is 0 Å². The molecule has 3 rings (SSSR count). The van der Waals surface area contributed by atoms with Crippen LogP contribution < -0.4 is 0 Å². The van der Waals surface area contributed by atoms with Gasteiger partial charge in [0.25, 0.3) is 0 Å². The summed E-state index contributed by atoms with van der Waals surface area (Å²) in [5, 5.41) is 6.29. The van der Waals surface area contributed by atoms with E-state index in [4.69, 9.17) is 12.2 Å². The Morgan fingerprint density at radius 2 is 2.33 bits per heavy atom. The third-order valence-corrected chi connectivity index (χ3v) is 3.30. The zero-order chi connectivity index (χ0) is 10.3. The Bertz CT molecular complexity index is 662. The van der Waals surface area contributed by atoms with Gasteiger partial charge in [0.15, 0.2) is 3.95 Å². The maximum absolute atomic E-state index is 5.07. The van der Waals surface area contributed by atoms with Gasteiger partial charge < -0.3 is 4.98 Å². The number of H-pyrrole nitrogens is 1. The molecule has 3 aromatic heterocycles. The summed E-state index contributed by atoms with van der Waals surface area (Å²) < 4.78 is 2.64. The molecule has 5 heteroatoms. The van der Waals surface area contributed by atoms with Crippen LogP contribution in [-0.4, -0.2) is 14.6 Å². The van der Waals surface area contributed by atoms with Crippen molar-refractivity contribution in [2.24, 2.45) is 0 Å². The largest absolute Gasteiger partial charge is 0.337 e. The second kappa shape index (κ2) is 3.29. The molecule has 3 aromatic rings. The van der Waals surface area contributed by atoms with Crippen molar-refractivity contribution in [3.05, 3.63) is 39.9 Å². The smallest absolute Gasteiger partial charge is 0.158 e. The SMILES string of the molecule is S=c1[nH]c(-c2cnn3ccccc23)cs1. The number of aromatic nitrogens is 3. The number of fused-ring (bicyclic) bond motifs is 1. The summed E-state index contributed by atoms with van der Waals surface area (Å²) in [7, 11) is 0. The van der Waals surface area contributed by atoms with E-state index in [1.54, 1.807) is 0 Å². The minimum Gasteiger partial charge on any atom is -0.337 e. The molecule has 0 aliphatic rings. The molecule has 74 valence electrons. The third kappa shape index (κ3) is 1.40. The fourth-order valence-electron chi connectivity index (χ4n) is 1.55. The minimum absolute atomic E-state index is 0.792. The number of nitrogens with zero attached hydrogens (tertiary/aromatic N) is 2. The number of rotatable bonds is 1. The summed E-state index contributed by atoms with van der Waals surface area (Å²) >= 11 is 6.60. The van der Waals surface area contributed by atoms with Crippen molar-refractivity contribution in [2.75, 3.05) is 0 Å². The Balaban J connectivity index is 2.32. The van der Waals surface area contributed by atoms with Gasteiger partial charge in [-0.15, -0.1) is 11.3 Å². The highest BCUT2D eigenvalue weighted by Gasteiger charge is 2.06. The Kier molecular flexibility index (Phi) is 1.93. The van der Waals surface area contributed by atoms with E-state index in [2.05, 4.69) is 10.1 Å². The molecule has 0 unspecified atom stereocenters. The van der Waals surface area contributed by atoms with Gasteiger partial charge in [0.05, 0.1) is 17.4 Å². The summed E-state index contributed by atoms with van der Waals surface area (Å²) in [5.74, 6) is 0. The van der Waals surface area contributed by atoms with E-state index >= 15 is 0 Å². The molecule has 3 nitrogen and oxygen atoms in total. The van der Waals surface area contributed by atoms with Crippen LogP contribution in [0.5, 0.6) is 0 Å². The summed E-state index contributed by atoms with van der Waals surface area (Å²) in [4.78, 5) is 3.15. The molecule has 0 aromatic carbocycles. The van der Waals surface area contributed by atoms with Crippen molar-refractivity contribution in [1.29, 1.82) is 0 Å². The molecule has 0 saturated heterocycles. The maximum atomic E-state index is 5.07. The van der Waals surface area contributed by atoms with Crippen LogP contribution in [0.25, 0.3) is 16.8 Å². The van der Waals surface area contributed by atoms with Crippen molar-refractivity contribution in [3.63, 3.8) is 0 Å². The molecule has 0 spiro atoms. The van der Waals surface area contributed by atoms with Crippen molar-refractivity contribution >= 4 is 29.1 Å². The lowest BCUT2D eigenvalue weighted by molar-refractivity contribution is 0.961. The zero-order valence-electron chi connectivity index (χ0n) is 7.68. The van der Waals surface area contributed by atoms with Crippen molar-refractivity contribution in [1.82, 2.24) is 14.6 Å². The van der Waals surface area contributed by atoms with Crippen LogP contribution in [0.1, 0.15) is 0 Å². The van der Waals surface area contributed by atoms with Crippen LogP contribution >= 0.6 is 23.6 Å². The molecule has 0 amide bonds. The lowest BCUT2D eigenvalue weighted by atomic mass is 10.2. The van der Waals surface area contributed by atoms with E-state index in [1.807, 2.05) is 40.5 Å². The first-order chi connectivity index (χ1) is 7.34. The molecule has 0 fully saturated rings. The topological polar surface area (TPSA) is 33.1 Å². The van der Waals surface area contributed by atoms with Gasteiger partial charge in [-0.05, 0) is 24.4 Å². The summed E-state index contributed by atoms with van der Waals surface area (Å²) in [6, 6.07) is 6.00. The highest BCUT2D eigenvalue weighted by molar-refractivity contribution is 7.73. The molecule has 0 saturated carbocycles. The maximum Gasteiger partial charge on any atom is 0.158 e. The highest BCUT2D eigenvalue weighted by atomic mass is 32.1. The van der Waals surface area contributed by atoms with Gasteiger partial charge in [0.1, 0.15) is 0 Å². The molecule has 0 aliphatic carbocycles. The summed E-state index contributed by atoms with van der Waals surface area (Å²) in [5.41, 5.74) is 3.20. The Morgan fingerprint density at radius 1 is 1.40 bits per heavy atom. The third-order valence-electron chi connectivity index (χ3n) is 2.24. The Morgan fingerprint density at radius 3 is 3.13 bits per heavy atom. The van der Waals surface area contributed by atoms with E-state index in [0.717, 1.165) is 20.7 Å². The average molecular weight is 233 g/mol. The fourth-order valence-corrected chi connectivity index (χ4v) is 2.39. The molecule has 1 N–H and O–H groups in total. The predicted octanol–water partition coefficient (Wildman–Crippen LogP) is 3.12. The van der Waals surface area contributed by atoms with E-state index in [0.29, 0.717) is 0 Å². The van der Waals surface area contributed by atoms with Crippen LogP contribution in [0.4, 0.5) is 0 Å². The fraction of sp³-hybridized carbons (Fsp3) is 0. The molecule has 0 aliphatic heterocycles. The predicted molar refractivity (Wildman–Crippen MR) is 63.7 cm³/mol. The lowest BCUT2D eigenvalue weighted by Crippen LogP contribution is -1.83. The second-order valence-electron chi connectivity index (χ2n) is 3.15. The Hall–Kier alpha value is -1.46. The van der Waals surface area contributed by atoms with Crippen LogP contribution in [0.3, 0.4) is 0 Å². The summed E-state index contributed by atoms with van der Waals surface area (Å²) in [6.45, 7) is 0. The second-order valence-corrected chi connectivity index (χ2v) is 4.70. The van der Waals surface area contributed by atoms with Crippen LogP contribution in [0, 0.1) is 3.95 Å². The number of hydrogen-bond acceptors (Lipinski definition) is 3. The van der Waals surface area contributed by atoms with E-state index < -0.39 is 0 Å². The van der Waals surface area contributed by atoms with Crippen LogP contribution in [-0.2, 0) is 0 Å². The number of thiazole rings is 1. The van der Waals surface area contributed by atoms with Gasteiger partial charge in [0.2, 0.25) is 0 Å². The molecular formula is C10H7N3S2. The number of nitrogens with one attached hydrogen (secondary N) is 1. The first kappa shape index (κ1) is 8.82. The van der Waals surface area contributed by atoms with Crippen LogP contribution in [0.2, 0.25) is 0 Å². The molecule has 0 bridgehead atoms. The lowest BCUT2D eigenvalue weighted by Gasteiger charge is -1.94. The van der Waals surface area contributed by atoms with Crippen molar-refractivity contribution in [2.45, 2.75) is 0 Å². The van der Waals surface area contributed by atoms with Crippen molar-refractivity contribution < 1.29 is 0 Å². The first-order valence-electron chi connectivity index (χ1n) is 4.45. The number of aromatic amines is 1. The first-order valence-corrected chi connectivity index (χ1v) is 5.74. The standard InChI is InChI=1S/C10H7N3S2/c14-10-12-8(6-15-10)7-5-11-13-4-2-1-3-9(7)13/h1-6H,(H,12,14). The van der Waals surface area contributed by atoms with Gasteiger partial charge in [-0.3, -0.25) is 0 Å². The molecule has 15 heavy (non-hydrogen) atoms. The molecule has 0 radical (unpaired) electrons. The van der Waals surface area contributed by atoms with Crippen molar-refractivity contribution in [3.8, 4) is 11.3 Å². The highest BCUT2D eigenvalue weighted by Crippen LogP contribution is 2.24. The van der Waals surface area contributed by atoms with Gasteiger partial charge in [-0.25, -0.2) is 4.52 Å². The van der Waals surface area contributed by atoms with E-state index in [-0.39, 0.29) is 0 Å². The quantitative estimate of drug-likeness (QED) is 0.655. The van der Waals surface area contributed by atoms with Gasteiger partial charge >= 0.3 is 0 Å². The van der Waals surface area contributed by atoms with Gasteiger partial charge in [0, 0.05) is 17.1 Å². The Labute approximate surface area is 95.0 Å². The average Bonchev–Trinajstić information content (AvgIpc) is 2.83. The number of hydrogen-bond donors (Lipinski definition) is 1. The monoisotopic (exact) mass is 233 g/mol. The molecule has 3 heterocycles. The number of pyridine rings is 1. The normalized spacial score (nSPS) is 10.9. The summed E-state index contributed by atoms with van der Waals surface area (Å²) in [6.07, 6.45) is 3.78. The van der Waals surface area contributed by atoms with Gasteiger partial charge in [-0.1, -0.05) is 6.07 Å². The van der Waals surface area contributed by atoms with Gasteiger partial charge in [-0.2, -0.15) is 5.10 Å².